The molecule has 0 aliphatic rings. The molecule has 134 valence electrons. The third kappa shape index (κ3) is 13.5. The van der Waals surface area contributed by atoms with Gasteiger partial charge in [-0.05, 0) is 38.1 Å². The summed E-state index contributed by atoms with van der Waals surface area (Å²) in [5.74, 6) is 0.800. The summed E-state index contributed by atoms with van der Waals surface area (Å²) in [6, 6.07) is 0. The lowest BCUT2D eigenvalue weighted by atomic mass is 9.91. The second kappa shape index (κ2) is 17.2. The van der Waals surface area contributed by atoms with E-state index in [1.807, 2.05) is 0 Å². The molecule has 1 atom stereocenters. The van der Waals surface area contributed by atoms with Crippen molar-refractivity contribution in [2.24, 2.45) is 11.7 Å². The smallest absolute Gasteiger partial charge is 0.156 e. The zero-order valence-corrected chi connectivity index (χ0v) is 15.2. The van der Waals surface area contributed by atoms with Crippen LogP contribution in [0.2, 0.25) is 0 Å². The van der Waals surface area contributed by atoms with Crippen LogP contribution in [0.15, 0.2) is 0 Å². The van der Waals surface area contributed by atoms with E-state index in [9.17, 15) is 0 Å². The topological polar surface area (TPSA) is 56.5 Å². The minimum Gasteiger partial charge on any atom is -0.356 e. The van der Waals surface area contributed by atoms with Gasteiger partial charge in [-0.3, -0.25) is 0 Å². The van der Waals surface area contributed by atoms with Gasteiger partial charge >= 0.3 is 0 Å². The fraction of sp³-hybridized carbons (Fsp3) is 1.00. The number of hydrogen-bond acceptors (Lipinski definition) is 4. The second-order valence-corrected chi connectivity index (χ2v) is 6.23. The van der Waals surface area contributed by atoms with Crippen molar-refractivity contribution in [3.8, 4) is 0 Å². The molecule has 0 saturated carbocycles. The van der Waals surface area contributed by atoms with Crippen LogP contribution < -0.4 is 11.1 Å². The van der Waals surface area contributed by atoms with Gasteiger partial charge in [0.05, 0.1) is 0 Å². The van der Waals surface area contributed by atoms with E-state index in [2.05, 4.69) is 12.2 Å². The number of unbranched alkanes of at least 4 members (excludes halogenated alkanes) is 4. The van der Waals surface area contributed by atoms with Crippen LogP contribution in [0.1, 0.15) is 71.1 Å². The Labute approximate surface area is 138 Å². The largest absolute Gasteiger partial charge is 0.356 e. The summed E-state index contributed by atoms with van der Waals surface area (Å²) in [5.41, 5.74) is 5.50. The van der Waals surface area contributed by atoms with E-state index in [0.29, 0.717) is 0 Å². The molecule has 0 fully saturated rings. The first-order valence-electron chi connectivity index (χ1n) is 9.24. The normalized spacial score (nSPS) is 13.0. The maximum Gasteiger partial charge on any atom is 0.156 e. The van der Waals surface area contributed by atoms with Crippen LogP contribution >= 0.6 is 0 Å². The van der Waals surface area contributed by atoms with Gasteiger partial charge in [-0.1, -0.05) is 45.4 Å². The Hall–Kier alpha value is -0.160. The average Bonchev–Trinajstić information content (AvgIpc) is 2.54. The van der Waals surface area contributed by atoms with E-state index >= 15 is 0 Å². The van der Waals surface area contributed by atoms with Gasteiger partial charge in [0.1, 0.15) is 0 Å². The number of nitrogens with two attached hydrogens (primary N) is 1. The molecule has 3 N–H and O–H groups in total. The maximum absolute atomic E-state index is 5.50. The van der Waals surface area contributed by atoms with Gasteiger partial charge in [0, 0.05) is 27.3 Å². The van der Waals surface area contributed by atoms with Crippen molar-refractivity contribution in [1.82, 2.24) is 5.32 Å². The zero-order chi connectivity index (χ0) is 16.5. The highest BCUT2D eigenvalue weighted by Crippen LogP contribution is 2.22. The van der Waals surface area contributed by atoms with Crippen LogP contribution in [0.3, 0.4) is 0 Å². The van der Waals surface area contributed by atoms with E-state index in [0.717, 1.165) is 32.0 Å². The Morgan fingerprint density at radius 2 is 1.50 bits per heavy atom. The Morgan fingerprint density at radius 1 is 0.818 bits per heavy atom. The molecule has 0 radical (unpaired) electrons. The summed E-state index contributed by atoms with van der Waals surface area (Å²) in [7, 11) is 3.45. The van der Waals surface area contributed by atoms with Crippen LogP contribution in [0.4, 0.5) is 0 Å². The fourth-order valence-electron chi connectivity index (χ4n) is 2.92. The third-order valence-corrected chi connectivity index (χ3v) is 4.34. The van der Waals surface area contributed by atoms with Crippen molar-refractivity contribution in [3.05, 3.63) is 0 Å². The second-order valence-electron chi connectivity index (χ2n) is 6.23. The fourth-order valence-corrected chi connectivity index (χ4v) is 2.92. The number of ether oxygens (including phenoxy) is 2. The molecule has 0 aliphatic heterocycles. The molecule has 1 unspecified atom stereocenters. The first-order chi connectivity index (χ1) is 10.8. The third-order valence-electron chi connectivity index (χ3n) is 4.34. The van der Waals surface area contributed by atoms with Crippen molar-refractivity contribution in [2.45, 2.75) is 77.4 Å². The van der Waals surface area contributed by atoms with Gasteiger partial charge < -0.3 is 20.5 Å². The molecular formula is C18H40N2O2. The monoisotopic (exact) mass is 316 g/mol. The summed E-state index contributed by atoms with van der Waals surface area (Å²) in [6.45, 7) is 5.01. The molecule has 0 rings (SSSR count). The predicted molar refractivity (Wildman–Crippen MR) is 95.1 cm³/mol. The Balaban J connectivity index is 3.91. The van der Waals surface area contributed by atoms with Crippen molar-refractivity contribution in [3.63, 3.8) is 0 Å². The molecule has 0 aromatic carbocycles. The SMILES string of the molecule is CCCCCCCC(CCCNCCN)CCC(OC)OC. The van der Waals surface area contributed by atoms with Gasteiger partial charge in [0.2, 0.25) is 0 Å². The molecule has 0 aromatic heterocycles. The van der Waals surface area contributed by atoms with Gasteiger partial charge in [0.15, 0.2) is 6.29 Å². The van der Waals surface area contributed by atoms with Crippen LogP contribution in [0.25, 0.3) is 0 Å². The standard InChI is InChI=1S/C18H40N2O2/c1-4-5-6-7-8-10-17(11-9-15-20-16-14-19)12-13-18(21-2)22-3/h17-18,20H,4-16,19H2,1-3H3. The highest BCUT2D eigenvalue weighted by atomic mass is 16.7. The molecule has 22 heavy (non-hydrogen) atoms. The highest BCUT2D eigenvalue weighted by molar-refractivity contribution is 4.63. The zero-order valence-electron chi connectivity index (χ0n) is 15.2. The van der Waals surface area contributed by atoms with Crippen LogP contribution in [0.5, 0.6) is 0 Å². The molecule has 0 saturated heterocycles. The Kier molecular flexibility index (Phi) is 17.1. The van der Waals surface area contributed by atoms with Crippen molar-refractivity contribution in [1.29, 1.82) is 0 Å². The van der Waals surface area contributed by atoms with E-state index in [-0.39, 0.29) is 6.29 Å². The first-order valence-corrected chi connectivity index (χ1v) is 9.24. The summed E-state index contributed by atoms with van der Waals surface area (Å²) in [4.78, 5) is 0. The maximum atomic E-state index is 5.50. The van der Waals surface area contributed by atoms with Gasteiger partial charge in [-0.2, -0.15) is 0 Å². The predicted octanol–water partition coefficient (Wildman–Crippen LogP) is 3.69. The van der Waals surface area contributed by atoms with Crippen molar-refractivity contribution in [2.75, 3.05) is 33.9 Å². The minimum absolute atomic E-state index is 0.0436. The van der Waals surface area contributed by atoms with Crippen molar-refractivity contribution < 1.29 is 9.47 Å². The number of hydrogen-bond donors (Lipinski definition) is 2. The highest BCUT2D eigenvalue weighted by Gasteiger charge is 2.12. The summed E-state index contributed by atoms with van der Waals surface area (Å²) in [6.07, 6.45) is 12.9. The lowest BCUT2D eigenvalue weighted by molar-refractivity contribution is -0.108. The van der Waals surface area contributed by atoms with Crippen LogP contribution in [-0.4, -0.2) is 40.1 Å². The summed E-state index contributed by atoms with van der Waals surface area (Å²) in [5, 5.41) is 3.39. The Bertz CT molecular complexity index is 197. The molecule has 0 amide bonds. The first kappa shape index (κ1) is 21.8. The molecule has 0 bridgehead atoms. The molecule has 0 aromatic rings. The van der Waals surface area contributed by atoms with Crippen LogP contribution in [-0.2, 0) is 9.47 Å². The molecule has 0 spiro atoms. The lowest BCUT2D eigenvalue weighted by Crippen LogP contribution is -2.23. The average molecular weight is 317 g/mol. The van der Waals surface area contributed by atoms with E-state index < -0.39 is 0 Å². The summed E-state index contributed by atoms with van der Waals surface area (Å²) >= 11 is 0. The van der Waals surface area contributed by atoms with E-state index in [1.165, 1.54) is 57.8 Å². The number of methoxy groups -OCH3 is 2. The Morgan fingerprint density at radius 3 is 2.14 bits per heavy atom. The van der Waals surface area contributed by atoms with Crippen molar-refractivity contribution >= 4 is 0 Å². The number of rotatable bonds is 17. The van der Waals surface area contributed by atoms with Gasteiger partial charge in [0.25, 0.3) is 0 Å². The van der Waals surface area contributed by atoms with E-state index in [4.69, 9.17) is 15.2 Å². The van der Waals surface area contributed by atoms with Gasteiger partial charge in [-0.15, -0.1) is 0 Å². The van der Waals surface area contributed by atoms with Gasteiger partial charge in [-0.25, -0.2) is 0 Å². The lowest BCUT2D eigenvalue weighted by Gasteiger charge is -2.20. The number of nitrogens with one attached hydrogen (secondary N) is 1. The quantitative estimate of drug-likeness (QED) is 0.317. The minimum atomic E-state index is -0.0436. The van der Waals surface area contributed by atoms with E-state index in [1.54, 1.807) is 14.2 Å². The molecule has 0 aliphatic carbocycles. The molecule has 4 heteroatoms. The molecule has 4 nitrogen and oxygen atoms in total. The summed E-state index contributed by atoms with van der Waals surface area (Å²) < 4.78 is 10.6. The molecular weight excluding hydrogens is 276 g/mol. The van der Waals surface area contributed by atoms with Crippen LogP contribution in [0, 0.1) is 5.92 Å². The molecule has 0 heterocycles.